The van der Waals surface area contributed by atoms with Gasteiger partial charge in [0.2, 0.25) is 11.7 Å². The molecule has 0 aliphatic carbocycles. The molecule has 3 unspecified atom stereocenters. The van der Waals surface area contributed by atoms with Gasteiger partial charge in [0.25, 0.3) is 0 Å². The average molecular weight is 379 g/mol. The molecular formula is C18H27ClN6O. The first-order valence-corrected chi connectivity index (χ1v) is 8.86. The number of hydrogen-bond acceptors (Lipinski definition) is 5. The Morgan fingerprint density at radius 1 is 1.31 bits per heavy atom. The molecule has 1 aliphatic heterocycles. The van der Waals surface area contributed by atoms with Gasteiger partial charge in [0, 0.05) is 18.2 Å². The van der Waals surface area contributed by atoms with Crippen molar-refractivity contribution in [2.45, 2.75) is 39.3 Å². The summed E-state index contributed by atoms with van der Waals surface area (Å²) in [6, 6.07) is 9.41. The third-order valence-electron chi connectivity index (χ3n) is 4.87. The van der Waals surface area contributed by atoms with Gasteiger partial charge in [-0.2, -0.15) is 4.80 Å². The van der Waals surface area contributed by atoms with Crippen LogP contribution < -0.4 is 5.73 Å². The maximum atomic E-state index is 13.2. The maximum absolute atomic E-state index is 13.2. The standard InChI is InChI=1S/C18H26N6O.ClH/c1-12(2)16(18(25)23-11-14(10-19)9-13(23)3)24-21-17(20-22-24)15-7-5-4-6-8-15;/h4-8,12-14,16H,9-11,19H2,1-3H3;1H. The Bertz CT molecular complexity index is 719. The van der Waals surface area contributed by atoms with Crippen molar-refractivity contribution in [3.8, 4) is 11.4 Å². The molecule has 8 heteroatoms. The Hall–Kier alpha value is -1.99. The van der Waals surface area contributed by atoms with E-state index in [0.717, 1.165) is 12.0 Å². The SMILES string of the molecule is CC(C)C(C(=O)N1CC(CN)CC1C)n1nnc(-c2ccccc2)n1.Cl. The lowest BCUT2D eigenvalue weighted by Gasteiger charge is -2.28. The van der Waals surface area contributed by atoms with E-state index in [0.29, 0.717) is 24.8 Å². The topological polar surface area (TPSA) is 89.9 Å². The lowest BCUT2D eigenvalue weighted by Crippen LogP contribution is -2.42. The molecule has 2 N–H and O–H groups in total. The quantitative estimate of drug-likeness (QED) is 0.860. The Balaban J connectivity index is 0.00000243. The number of likely N-dealkylation sites (tertiary alicyclic amines) is 1. The third-order valence-corrected chi connectivity index (χ3v) is 4.87. The van der Waals surface area contributed by atoms with Crippen molar-refractivity contribution in [1.82, 2.24) is 25.1 Å². The lowest BCUT2D eigenvalue weighted by atomic mass is 10.0. The third kappa shape index (κ3) is 4.04. The molecule has 1 aliphatic rings. The Morgan fingerprint density at radius 3 is 2.58 bits per heavy atom. The highest BCUT2D eigenvalue weighted by Crippen LogP contribution is 2.28. The molecule has 3 rings (SSSR count). The number of nitrogens with two attached hydrogens (primary N) is 1. The van der Waals surface area contributed by atoms with Crippen LogP contribution in [-0.2, 0) is 4.79 Å². The fourth-order valence-corrected chi connectivity index (χ4v) is 3.49. The van der Waals surface area contributed by atoms with Gasteiger partial charge in [-0.05, 0) is 36.9 Å². The summed E-state index contributed by atoms with van der Waals surface area (Å²) in [4.78, 5) is 16.6. The molecule has 1 aromatic carbocycles. The molecule has 0 saturated carbocycles. The highest BCUT2D eigenvalue weighted by atomic mass is 35.5. The van der Waals surface area contributed by atoms with E-state index in [1.165, 1.54) is 4.80 Å². The Kier molecular flexibility index (Phi) is 6.72. The van der Waals surface area contributed by atoms with Crippen LogP contribution in [-0.4, -0.2) is 50.1 Å². The van der Waals surface area contributed by atoms with Crippen molar-refractivity contribution in [2.24, 2.45) is 17.6 Å². The Labute approximate surface area is 160 Å². The number of aromatic nitrogens is 4. The number of hydrogen-bond donors (Lipinski definition) is 1. The summed E-state index contributed by atoms with van der Waals surface area (Å²) in [5, 5.41) is 12.8. The molecule has 2 aromatic rings. The van der Waals surface area contributed by atoms with Crippen LogP contribution in [0.4, 0.5) is 0 Å². The van der Waals surface area contributed by atoms with Gasteiger partial charge in [-0.1, -0.05) is 44.2 Å². The van der Waals surface area contributed by atoms with Gasteiger partial charge in [0.15, 0.2) is 6.04 Å². The highest BCUT2D eigenvalue weighted by molar-refractivity contribution is 5.85. The summed E-state index contributed by atoms with van der Waals surface area (Å²) < 4.78 is 0. The summed E-state index contributed by atoms with van der Waals surface area (Å²) in [6.07, 6.45) is 0.951. The highest BCUT2D eigenvalue weighted by Gasteiger charge is 2.38. The summed E-state index contributed by atoms with van der Waals surface area (Å²) in [7, 11) is 0. The minimum atomic E-state index is -0.455. The van der Waals surface area contributed by atoms with Gasteiger partial charge < -0.3 is 10.6 Å². The second kappa shape index (κ2) is 8.60. The summed E-state index contributed by atoms with van der Waals surface area (Å²) in [5.74, 6) is 1.02. The maximum Gasteiger partial charge on any atom is 0.249 e. The molecule has 2 heterocycles. The van der Waals surface area contributed by atoms with Crippen LogP contribution in [0.3, 0.4) is 0 Å². The molecule has 0 spiro atoms. The Morgan fingerprint density at radius 2 is 2.00 bits per heavy atom. The molecule has 0 bridgehead atoms. The van der Waals surface area contributed by atoms with Gasteiger partial charge in [0.1, 0.15) is 0 Å². The van der Waals surface area contributed by atoms with Crippen molar-refractivity contribution < 1.29 is 4.79 Å². The van der Waals surface area contributed by atoms with E-state index in [9.17, 15) is 4.79 Å². The summed E-state index contributed by atoms with van der Waals surface area (Å²) in [5.41, 5.74) is 6.69. The molecule has 3 atom stereocenters. The van der Waals surface area contributed by atoms with Gasteiger partial charge in [-0.15, -0.1) is 22.6 Å². The number of amides is 1. The van der Waals surface area contributed by atoms with Crippen molar-refractivity contribution in [3.63, 3.8) is 0 Å². The van der Waals surface area contributed by atoms with Crippen LogP contribution in [0.25, 0.3) is 11.4 Å². The number of carbonyl (C=O) groups excluding carboxylic acids is 1. The number of tetrazole rings is 1. The van der Waals surface area contributed by atoms with Gasteiger partial charge in [-0.25, -0.2) is 0 Å². The minimum Gasteiger partial charge on any atom is -0.338 e. The lowest BCUT2D eigenvalue weighted by molar-refractivity contribution is -0.137. The molecule has 1 amide bonds. The van der Waals surface area contributed by atoms with E-state index in [-0.39, 0.29) is 30.3 Å². The molecule has 142 valence electrons. The normalized spacial score (nSPS) is 20.9. The molecule has 1 aromatic heterocycles. The fourth-order valence-electron chi connectivity index (χ4n) is 3.49. The second-order valence-electron chi connectivity index (χ2n) is 7.17. The van der Waals surface area contributed by atoms with Crippen molar-refractivity contribution in [2.75, 3.05) is 13.1 Å². The average Bonchev–Trinajstić information content (AvgIpc) is 3.22. The zero-order valence-corrected chi connectivity index (χ0v) is 16.3. The minimum absolute atomic E-state index is 0. The van der Waals surface area contributed by atoms with Crippen molar-refractivity contribution >= 4 is 18.3 Å². The number of benzene rings is 1. The first-order valence-electron chi connectivity index (χ1n) is 8.86. The first kappa shape index (κ1) is 20.3. The van der Waals surface area contributed by atoms with Crippen LogP contribution >= 0.6 is 12.4 Å². The number of carbonyl (C=O) groups is 1. The van der Waals surface area contributed by atoms with E-state index in [1.807, 2.05) is 49.1 Å². The predicted octanol–water partition coefficient (Wildman–Crippen LogP) is 2.15. The smallest absolute Gasteiger partial charge is 0.249 e. The number of halogens is 1. The van der Waals surface area contributed by atoms with Crippen molar-refractivity contribution in [3.05, 3.63) is 30.3 Å². The fraction of sp³-hybridized carbons (Fsp3) is 0.556. The van der Waals surface area contributed by atoms with E-state index in [1.54, 1.807) is 0 Å². The number of nitrogens with zero attached hydrogens (tertiary/aromatic N) is 5. The van der Waals surface area contributed by atoms with E-state index < -0.39 is 6.04 Å². The monoisotopic (exact) mass is 378 g/mol. The van der Waals surface area contributed by atoms with E-state index in [2.05, 4.69) is 22.3 Å². The molecule has 0 radical (unpaired) electrons. The summed E-state index contributed by atoms with van der Waals surface area (Å²) >= 11 is 0. The van der Waals surface area contributed by atoms with Crippen LogP contribution in [0.2, 0.25) is 0 Å². The first-order chi connectivity index (χ1) is 12.0. The molecule has 1 fully saturated rings. The second-order valence-corrected chi connectivity index (χ2v) is 7.17. The van der Waals surface area contributed by atoms with E-state index in [4.69, 9.17) is 5.73 Å². The zero-order valence-electron chi connectivity index (χ0n) is 15.4. The molecule has 26 heavy (non-hydrogen) atoms. The van der Waals surface area contributed by atoms with Crippen LogP contribution in [0.5, 0.6) is 0 Å². The van der Waals surface area contributed by atoms with Crippen LogP contribution in [0, 0.1) is 11.8 Å². The van der Waals surface area contributed by atoms with Crippen LogP contribution in [0.15, 0.2) is 30.3 Å². The van der Waals surface area contributed by atoms with Gasteiger partial charge >= 0.3 is 0 Å². The van der Waals surface area contributed by atoms with E-state index >= 15 is 0 Å². The zero-order chi connectivity index (χ0) is 18.0. The van der Waals surface area contributed by atoms with Gasteiger partial charge in [-0.3, -0.25) is 4.79 Å². The molecule has 7 nitrogen and oxygen atoms in total. The van der Waals surface area contributed by atoms with Crippen molar-refractivity contribution in [1.29, 1.82) is 0 Å². The van der Waals surface area contributed by atoms with Crippen LogP contribution in [0.1, 0.15) is 33.2 Å². The summed E-state index contributed by atoms with van der Waals surface area (Å²) in [6.45, 7) is 7.42. The number of rotatable bonds is 5. The van der Waals surface area contributed by atoms with Gasteiger partial charge in [0.05, 0.1) is 0 Å². The molecule has 1 saturated heterocycles. The molecular weight excluding hydrogens is 352 g/mol. The predicted molar refractivity (Wildman–Crippen MR) is 103 cm³/mol. The largest absolute Gasteiger partial charge is 0.338 e.